The maximum absolute atomic E-state index is 5.92. The molecule has 1 saturated carbocycles. The average molecular weight is 266 g/mol. The Labute approximate surface area is 110 Å². The molecular formula is C12H16ClN5. The molecule has 18 heavy (non-hydrogen) atoms. The van der Waals surface area contributed by atoms with Crippen LogP contribution in [0.4, 0.5) is 5.82 Å². The summed E-state index contributed by atoms with van der Waals surface area (Å²) in [4.78, 5) is 8.36. The zero-order chi connectivity index (χ0) is 13.1. The first kappa shape index (κ1) is 11.7. The standard InChI is InChI=1S/C12H16ClN5/c1-11(2)9(12(11,3)4)15-7-6-5-14-18-8(6)17-10(13)16-7/h5,9H,1-4H3,(H2,14,15,16,17,18). The molecule has 6 heteroatoms. The molecule has 0 amide bonds. The second-order valence-electron chi connectivity index (χ2n) is 5.99. The van der Waals surface area contributed by atoms with Gasteiger partial charge in [0, 0.05) is 6.04 Å². The van der Waals surface area contributed by atoms with Crippen LogP contribution in [0.3, 0.4) is 0 Å². The van der Waals surface area contributed by atoms with Crippen LogP contribution >= 0.6 is 11.6 Å². The fourth-order valence-electron chi connectivity index (χ4n) is 2.61. The molecule has 0 bridgehead atoms. The number of hydrogen-bond acceptors (Lipinski definition) is 4. The van der Waals surface area contributed by atoms with Crippen molar-refractivity contribution >= 4 is 28.5 Å². The van der Waals surface area contributed by atoms with Crippen LogP contribution < -0.4 is 5.32 Å². The molecule has 1 aliphatic rings. The average Bonchev–Trinajstić information content (AvgIpc) is 2.68. The van der Waals surface area contributed by atoms with Gasteiger partial charge in [-0.15, -0.1) is 0 Å². The van der Waals surface area contributed by atoms with Crippen molar-refractivity contribution in [1.82, 2.24) is 20.2 Å². The summed E-state index contributed by atoms with van der Waals surface area (Å²) in [6.07, 6.45) is 1.72. The molecule has 5 nitrogen and oxygen atoms in total. The van der Waals surface area contributed by atoms with E-state index in [-0.39, 0.29) is 16.1 Å². The van der Waals surface area contributed by atoms with E-state index in [4.69, 9.17) is 11.6 Å². The normalized spacial score (nSPS) is 21.2. The van der Waals surface area contributed by atoms with E-state index in [1.54, 1.807) is 6.20 Å². The summed E-state index contributed by atoms with van der Waals surface area (Å²) >= 11 is 5.92. The maximum Gasteiger partial charge on any atom is 0.226 e. The highest BCUT2D eigenvalue weighted by atomic mass is 35.5. The highest BCUT2D eigenvalue weighted by Gasteiger charge is 2.65. The van der Waals surface area contributed by atoms with Crippen molar-refractivity contribution in [1.29, 1.82) is 0 Å². The molecule has 1 aliphatic carbocycles. The van der Waals surface area contributed by atoms with Gasteiger partial charge in [0.05, 0.1) is 11.6 Å². The summed E-state index contributed by atoms with van der Waals surface area (Å²) in [6, 6.07) is 0.370. The van der Waals surface area contributed by atoms with Crippen molar-refractivity contribution in [2.45, 2.75) is 33.7 Å². The second-order valence-corrected chi connectivity index (χ2v) is 6.33. The van der Waals surface area contributed by atoms with Gasteiger partial charge in [-0.2, -0.15) is 15.1 Å². The lowest BCUT2D eigenvalue weighted by atomic mass is 10.0. The monoisotopic (exact) mass is 265 g/mol. The lowest BCUT2D eigenvalue weighted by Crippen LogP contribution is -2.11. The van der Waals surface area contributed by atoms with Gasteiger partial charge in [-0.3, -0.25) is 5.10 Å². The topological polar surface area (TPSA) is 66.5 Å². The van der Waals surface area contributed by atoms with E-state index in [0.29, 0.717) is 11.7 Å². The highest BCUT2D eigenvalue weighted by Crippen LogP contribution is 2.63. The first-order valence-electron chi connectivity index (χ1n) is 5.97. The molecule has 2 heterocycles. The van der Waals surface area contributed by atoms with E-state index in [2.05, 4.69) is 53.2 Å². The van der Waals surface area contributed by atoms with E-state index in [9.17, 15) is 0 Å². The number of anilines is 1. The third-order valence-electron chi connectivity index (χ3n) is 4.58. The van der Waals surface area contributed by atoms with Crippen molar-refractivity contribution in [3.63, 3.8) is 0 Å². The van der Waals surface area contributed by atoms with E-state index < -0.39 is 0 Å². The predicted octanol–water partition coefficient (Wildman–Crippen LogP) is 2.85. The van der Waals surface area contributed by atoms with Gasteiger partial charge in [0.2, 0.25) is 5.28 Å². The van der Waals surface area contributed by atoms with Crippen molar-refractivity contribution in [2.75, 3.05) is 5.32 Å². The summed E-state index contributed by atoms with van der Waals surface area (Å²) in [5, 5.41) is 11.4. The van der Waals surface area contributed by atoms with Crippen LogP contribution in [0.5, 0.6) is 0 Å². The molecule has 0 atom stereocenters. The first-order valence-corrected chi connectivity index (χ1v) is 6.35. The Morgan fingerprint density at radius 2 is 1.89 bits per heavy atom. The number of H-pyrrole nitrogens is 1. The van der Waals surface area contributed by atoms with Crippen LogP contribution in [-0.4, -0.2) is 26.2 Å². The molecule has 0 aromatic carbocycles. The van der Waals surface area contributed by atoms with Gasteiger partial charge >= 0.3 is 0 Å². The minimum Gasteiger partial charge on any atom is -0.365 e. The molecule has 96 valence electrons. The third-order valence-corrected chi connectivity index (χ3v) is 4.75. The number of fused-ring (bicyclic) bond motifs is 1. The summed E-state index contributed by atoms with van der Waals surface area (Å²) in [5.41, 5.74) is 1.13. The van der Waals surface area contributed by atoms with Gasteiger partial charge in [0.25, 0.3) is 0 Å². The van der Waals surface area contributed by atoms with Gasteiger partial charge in [-0.05, 0) is 22.4 Å². The van der Waals surface area contributed by atoms with Crippen molar-refractivity contribution < 1.29 is 0 Å². The van der Waals surface area contributed by atoms with Crippen molar-refractivity contribution in [2.24, 2.45) is 10.8 Å². The molecule has 0 aliphatic heterocycles. The number of nitrogens with one attached hydrogen (secondary N) is 2. The number of aromatic nitrogens is 4. The van der Waals surface area contributed by atoms with Crippen molar-refractivity contribution in [3.8, 4) is 0 Å². The molecule has 0 radical (unpaired) electrons. The molecule has 3 rings (SSSR count). The van der Waals surface area contributed by atoms with E-state index in [0.717, 1.165) is 11.2 Å². The SMILES string of the molecule is CC1(C)C(Nc2nc(Cl)nc3[nH]ncc23)C1(C)C. The smallest absolute Gasteiger partial charge is 0.226 e. The molecule has 2 aromatic rings. The molecule has 0 unspecified atom stereocenters. The van der Waals surface area contributed by atoms with Crippen LogP contribution in [-0.2, 0) is 0 Å². The quantitative estimate of drug-likeness (QED) is 0.820. The van der Waals surface area contributed by atoms with Crippen LogP contribution in [0.1, 0.15) is 27.7 Å². The summed E-state index contributed by atoms with van der Waals surface area (Å²) < 4.78 is 0. The molecule has 2 N–H and O–H groups in total. The fourth-order valence-corrected chi connectivity index (χ4v) is 2.78. The van der Waals surface area contributed by atoms with Crippen LogP contribution in [0.2, 0.25) is 5.28 Å². The number of hydrogen-bond donors (Lipinski definition) is 2. The van der Waals surface area contributed by atoms with Gasteiger partial charge in [0.1, 0.15) is 5.82 Å². The predicted molar refractivity (Wildman–Crippen MR) is 71.7 cm³/mol. The highest BCUT2D eigenvalue weighted by molar-refractivity contribution is 6.28. The zero-order valence-corrected chi connectivity index (χ0v) is 11.6. The molecule has 1 fully saturated rings. The minimum absolute atomic E-state index is 0.227. The Morgan fingerprint density at radius 1 is 1.22 bits per heavy atom. The number of rotatable bonds is 2. The van der Waals surface area contributed by atoms with E-state index in [1.165, 1.54) is 0 Å². The summed E-state index contributed by atoms with van der Waals surface area (Å²) in [6.45, 7) is 9.00. The third kappa shape index (κ3) is 1.43. The lowest BCUT2D eigenvalue weighted by molar-refractivity contribution is 0.457. The van der Waals surface area contributed by atoms with Crippen molar-refractivity contribution in [3.05, 3.63) is 11.5 Å². The second kappa shape index (κ2) is 3.35. The van der Waals surface area contributed by atoms with Crippen LogP contribution in [0.15, 0.2) is 6.20 Å². The zero-order valence-electron chi connectivity index (χ0n) is 10.9. The summed E-state index contributed by atoms with van der Waals surface area (Å²) in [7, 11) is 0. The molecule has 2 aromatic heterocycles. The van der Waals surface area contributed by atoms with E-state index >= 15 is 0 Å². The van der Waals surface area contributed by atoms with Gasteiger partial charge in [-0.1, -0.05) is 27.7 Å². The minimum atomic E-state index is 0.227. The molecule has 0 spiro atoms. The Morgan fingerprint density at radius 3 is 2.50 bits per heavy atom. The van der Waals surface area contributed by atoms with Gasteiger partial charge in [-0.25, -0.2) is 0 Å². The largest absolute Gasteiger partial charge is 0.365 e. The van der Waals surface area contributed by atoms with Gasteiger partial charge in [0.15, 0.2) is 5.65 Å². The molecule has 0 saturated heterocycles. The Hall–Kier alpha value is -1.36. The maximum atomic E-state index is 5.92. The number of halogens is 1. The summed E-state index contributed by atoms with van der Waals surface area (Å²) in [5.74, 6) is 0.752. The number of aromatic amines is 1. The van der Waals surface area contributed by atoms with Crippen LogP contribution in [0, 0.1) is 10.8 Å². The lowest BCUT2D eigenvalue weighted by Gasteiger charge is -2.08. The Kier molecular flexibility index (Phi) is 2.18. The number of nitrogens with zero attached hydrogens (tertiary/aromatic N) is 3. The fraction of sp³-hybridized carbons (Fsp3) is 0.583. The Balaban J connectivity index is 1.99. The molecular weight excluding hydrogens is 250 g/mol. The van der Waals surface area contributed by atoms with Crippen LogP contribution in [0.25, 0.3) is 11.0 Å². The first-order chi connectivity index (χ1) is 8.34. The van der Waals surface area contributed by atoms with E-state index in [1.807, 2.05) is 0 Å². The van der Waals surface area contributed by atoms with Gasteiger partial charge < -0.3 is 5.32 Å². The Bertz CT molecular complexity index is 602.